The van der Waals surface area contributed by atoms with Crippen LogP contribution in [0.1, 0.15) is 12.5 Å². The fourth-order valence-electron chi connectivity index (χ4n) is 1.35. The highest BCUT2D eigenvalue weighted by atomic mass is 15.2. The zero-order chi connectivity index (χ0) is 9.26. The van der Waals surface area contributed by atoms with Crippen LogP contribution in [-0.4, -0.2) is 5.84 Å². The molecule has 1 aromatic rings. The van der Waals surface area contributed by atoms with Crippen molar-refractivity contribution in [2.24, 2.45) is 10.2 Å². The Kier molecular flexibility index (Phi) is 1.77. The topological polar surface area (TPSA) is 48.6 Å². The van der Waals surface area contributed by atoms with Crippen LogP contribution < -0.4 is 0 Å². The second-order valence-corrected chi connectivity index (χ2v) is 2.88. The maximum Gasteiger partial charge on any atom is 0.176 e. The van der Waals surface area contributed by atoms with Crippen LogP contribution >= 0.6 is 0 Å². The average molecular weight is 171 g/mol. The summed E-state index contributed by atoms with van der Waals surface area (Å²) in [5.41, 5.74) is 2.66. The maximum absolute atomic E-state index is 7.56. The molecule has 1 aliphatic heterocycles. The van der Waals surface area contributed by atoms with Crippen LogP contribution in [0.25, 0.3) is 5.57 Å². The van der Waals surface area contributed by atoms with Gasteiger partial charge in [-0.3, -0.25) is 5.41 Å². The van der Waals surface area contributed by atoms with Crippen LogP contribution in [0, 0.1) is 5.41 Å². The Balaban J connectivity index is 2.50. The molecule has 3 nitrogen and oxygen atoms in total. The predicted molar refractivity (Wildman–Crippen MR) is 51.6 cm³/mol. The highest BCUT2D eigenvalue weighted by Crippen LogP contribution is 2.25. The van der Waals surface area contributed by atoms with E-state index >= 15 is 0 Å². The van der Waals surface area contributed by atoms with Gasteiger partial charge in [-0.15, -0.1) is 5.11 Å². The molecule has 0 fully saturated rings. The van der Waals surface area contributed by atoms with Crippen LogP contribution in [-0.2, 0) is 0 Å². The van der Waals surface area contributed by atoms with Crippen molar-refractivity contribution in [2.45, 2.75) is 6.92 Å². The van der Waals surface area contributed by atoms with Crippen molar-refractivity contribution >= 4 is 11.4 Å². The summed E-state index contributed by atoms with van der Waals surface area (Å²) in [6.45, 7) is 1.87. The summed E-state index contributed by atoms with van der Waals surface area (Å²) < 4.78 is 0. The Morgan fingerprint density at radius 1 is 1.08 bits per heavy atom. The lowest BCUT2D eigenvalue weighted by molar-refractivity contribution is 1.20. The highest BCUT2D eigenvalue weighted by Gasteiger charge is 2.15. The molecule has 0 amide bonds. The Bertz CT molecular complexity index is 401. The first kappa shape index (κ1) is 7.86. The van der Waals surface area contributed by atoms with E-state index in [1.54, 1.807) is 0 Å². The number of azo groups is 1. The van der Waals surface area contributed by atoms with Crippen molar-refractivity contribution in [1.82, 2.24) is 0 Å². The number of hydrogen-bond donors (Lipinski definition) is 1. The summed E-state index contributed by atoms with van der Waals surface area (Å²) in [5, 5.41) is 15.1. The van der Waals surface area contributed by atoms with E-state index in [9.17, 15) is 0 Å². The molecule has 13 heavy (non-hydrogen) atoms. The summed E-state index contributed by atoms with van der Waals surface area (Å²) in [6.07, 6.45) is 0. The fraction of sp³-hybridized carbons (Fsp3) is 0.100. The molecule has 1 aliphatic rings. The molecule has 1 aromatic carbocycles. The molecule has 0 aliphatic carbocycles. The third-order valence-corrected chi connectivity index (χ3v) is 1.96. The van der Waals surface area contributed by atoms with E-state index in [1.807, 2.05) is 37.3 Å². The zero-order valence-corrected chi connectivity index (χ0v) is 7.28. The lowest BCUT2D eigenvalue weighted by Crippen LogP contribution is -1.93. The minimum absolute atomic E-state index is 0.253. The van der Waals surface area contributed by atoms with Gasteiger partial charge >= 0.3 is 0 Å². The number of rotatable bonds is 1. The standard InChI is InChI=1S/C10H9N3/c1-7-9(10(11)13-12-7)8-5-3-2-4-6-8/h2-6,11H,1H3. The molecule has 0 unspecified atom stereocenters. The van der Waals surface area contributed by atoms with Crippen LogP contribution in [0.5, 0.6) is 0 Å². The summed E-state index contributed by atoms with van der Waals surface area (Å²) in [7, 11) is 0. The predicted octanol–water partition coefficient (Wildman–Crippen LogP) is 2.86. The SMILES string of the molecule is CC1=C(c2ccccc2)C(=N)N=N1. The Morgan fingerprint density at radius 3 is 2.31 bits per heavy atom. The van der Waals surface area contributed by atoms with Crippen LogP contribution in [0.4, 0.5) is 0 Å². The Morgan fingerprint density at radius 2 is 1.77 bits per heavy atom. The normalized spacial score (nSPS) is 15.6. The van der Waals surface area contributed by atoms with E-state index in [4.69, 9.17) is 5.41 Å². The van der Waals surface area contributed by atoms with Gasteiger partial charge in [0.05, 0.1) is 11.3 Å². The minimum Gasteiger partial charge on any atom is -0.281 e. The van der Waals surface area contributed by atoms with Gasteiger partial charge in [0.15, 0.2) is 5.84 Å². The van der Waals surface area contributed by atoms with Crippen LogP contribution in [0.15, 0.2) is 46.3 Å². The number of allylic oxidation sites excluding steroid dienone is 1. The highest BCUT2D eigenvalue weighted by molar-refractivity contribution is 6.23. The molecule has 2 rings (SSSR count). The molecule has 1 N–H and O–H groups in total. The van der Waals surface area contributed by atoms with Crippen molar-refractivity contribution in [1.29, 1.82) is 5.41 Å². The maximum atomic E-state index is 7.56. The Hall–Kier alpha value is -1.77. The van der Waals surface area contributed by atoms with Gasteiger partial charge in [0.1, 0.15) is 0 Å². The molecule has 64 valence electrons. The number of hydrogen-bond acceptors (Lipinski definition) is 2. The fourth-order valence-corrected chi connectivity index (χ4v) is 1.35. The molecule has 0 saturated carbocycles. The number of amidine groups is 1. The Labute approximate surface area is 76.3 Å². The van der Waals surface area contributed by atoms with Gasteiger partial charge in [0.2, 0.25) is 0 Å². The summed E-state index contributed by atoms with van der Waals surface area (Å²) >= 11 is 0. The lowest BCUT2D eigenvalue weighted by Gasteiger charge is -2.00. The van der Waals surface area contributed by atoms with Gasteiger partial charge < -0.3 is 0 Å². The zero-order valence-electron chi connectivity index (χ0n) is 7.28. The van der Waals surface area contributed by atoms with Gasteiger partial charge in [0, 0.05) is 0 Å². The second-order valence-electron chi connectivity index (χ2n) is 2.88. The number of benzene rings is 1. The van der Waals surface area contributed by atoms with Crippen LogP contribution in [0.2, 0.25) is 0 Å². The molecule has 0 radical (unpaired) electrons. The van der Waals surface area contributed by atoms with E-state index in [0.717, 1.165) is 16.8 Å². The molecular formula is C10H9N3. The smallest absolute Gasteiger partial charge is 0.176 e. The van der Waals surface area contributed by atoms with Gasteiger partial charge in [-0.25, -0.2) is 0 Å². The first-order valence-corrected chi connectivity index (χ1v) is 4.06. The molecule has 0 aromatic heterocycles. The van der Waals surface area contributed by atoms with Gasteiger partial charge in [-0.1, -0.05) is 30.3 Å². The summed E-state index contributed by atoms with van der Waals surface area (Å²) in [6, 6.07) is 9.77. The minimum atomic E-state index is 0.253. The van der Waals surface area contributed by atoms with Crippen molar-refractivity contribution in [3.05, 3.63) is 41.6 Å². The van der Waals surface area contributed by atoms with Crippen molar-refractivity contribution in [3.63, 3.8) is 0 Å². The first-order valence-electron chi connectivity index (χ1n) is 4.06. The molecule has 0 bridgehead atoms. The van der Waals surface area contributed by atoms with E-state index < -0.39 is 0 Å². The van der Waals surface area contributed by atoms with Gasteiger partial charge in [0.25, 0.3) is 0 Å². The molecule has 0 saturated heterocycles. The van der Waals surface area contributed by atoms with Gasteiger partial charge in [-0.2, -0.15) is 5.11 Å². The molecular weight excluding hydrogens is 162 g/mol. The molecule has 1 heterocycles. The molecule has 0 spiro atoms. The van der Waals surface area contributed by atoms with E-state index in [0.29, 0.717) is 0 Å². The second kappa shape index (κ2) is 2.94. The average Bonchev–Trinajstić information content (AvgIpc) is 2.48. The molecule has 0 atom stereocenters. The van der Waals surface area contributed by atoms with E-state index in [1.165, 1.54) is 0 Å². The third-order valence-electron chi connectivity index (χ3n) is 1.96. The summed E-state index contributed by atoms with van der Waals surface area (Å²) in [5.74, 6) is 0.253. The summed E-state index contributed by atoms with van der Waals surface area (Å²) in [4.78, 5) is 0. The first-order chi connectivity index (χ1) is 6.29. The van der Waals surface area contributed by atoms with Crippen molar-refractivity contribution < 1.29 is 0 Å². The monoisotopic (exact) mass is 171 g/mol. The van der Waals surface area contributed by atoms with Gasteiger partial charge in [-0.05, 0) is 12.5 Å². The van der Waals surface area contributed by atoms with Crippen molar-refractivity contribution in [2.75, 3.05) is 0 Å². The quantitative estimate of drug-likeness (QED) is 0.675. The van der Waals surface area contributed by atoms with Crippen LogP contribution in [0.3, 0.4) is 0 Å². The van der Waals surface area contributed by atoms with E-state index in [2.05, 4.69) is 10.2 Å². The third kappa shape index (κ3) is 1.28. The van der Waals surface area contributed by atoms with E-state index in [-0.39, 0.29) is 5.84 Å². The number of nitrogens with one attached hydrogen (secondary N) is 1. The lowest BCUT2D eigenvalue weighted by atomic mass is 10.0. The number of nitrogens with zero attached hydrogens (tertiary/aromatic N) is 2. The van der Waals surface area contributed by atoms with Crippen molar-refractivity contribution in [3.8, 4) is 0 Å². The largest absolute Gasteiger partial charge is 0.281 e. The molecule has 3 heteroatoms.